The van der Waals surface area contributed by atoms with Crippen molar-refractivity contribution >= 4 is 11.8 Å². The summed E-state index contributed by atoms with van der Waals surface area (Å²) in [6.07, 6.45) is -4.80. The smallest absolute Gasteiger partial charge is 0.379 e. The second-order valence-corrected chi connectivity index (χ2v) is 9.28. The van der Waals surface area contributed by atoms with Crippen LogP contribution in [-0.2, 0) is 20.7 Å². The number of amides is 2. The van der Waals surface area contributed by atoms with Crippen LogP contribution in [0.4, 0.5) is 17.6 Å². The highest BCUT2D eigenvalue weighted by Gasteiger charge is 2.50. The Kier molecular flexibility index (Phi) is 7.44. The fourth-order valence-electron chi connectivity index (χ4n) is 5.19. The number of halogens is 4. The van der Waals surface area contributed by atoms with E-state index in [1.807, 2.05) is 6.92 Å². The average molecular weight is 487 g/mol. The first kappa shape index (κ1) is 24.9. The van der Waals surface area contributed by atoms with E-state index in [0.717, 1.165) is 0 Å². The Labute approximate surface area is 196 Å². The highest BCUT2D eigenvalue weighted by atomic mass is 19.4. The van der Waals surface area contributed by atoms with Crippen LogP contribution in [0.1, 0.15) is 25.3 Å². The van der Waals surface area contributed by atoms with E-state index in [-0.39, 0.29) is 43.9 Å². The summed E-state index contributed by atoms with van der Waals surface area (Å²) < 4.78 is 60.9. The SMILES string of the molecule is C[C@@H]1COCCN1C1CC(=O)NC(N2CCN(C(=O)Cc3ccc(F)cc3)CC2C(F)(F)F)C1. The van der Waals surface area contributed by atoms with E-state index in [2.05, 4.69) is 10.2 Å². The number of nitrogens with one attached hydrogen (secondary N) is 1. The topological polar surface area (TPSA) is 65.1 Å². The summed E-state index contributed by atoms with van der Waals surface area (Å²) >= 11 is 0. The Morgan fingerprint density at radius 1 is 1.15 bits per heavy atom. The average Bonchev–Trinajstić information content (AvgIpc) is 2.79. The van der Waals surface area contributed by atoms with Crippen LogP contribution < -0.4 is 5.32 Å². The molecule has 3 fully saturated rings. The third-order valence-electron chi connectivity index (χ3n) is 6.95. The van der Waals surface area contributed by atoms with Gasteiger partial charge in [-0.2, -0.15) is 13.2 Å². The van der Waals surface area contributed by atoms with Gasteiger partial charge in [-0.05, 0) is 31.0 Å². The second-order valence-electron chi connectivity index (χ2n) is 9.28. The van der Waals surface area contributed by atoms with Gasteiger partial charge < -0.3 is 15.0 Å². The molecule has 0 bridgehead atoms. The number of carbonyl (C=O) groups excluding carboxylic acids is 2. The number of piperazine rings is 1. The van der Waals surface area contributed by atoms with Gasteiger partial charge in [-0.1, -0.05) is 12.1 Å². The Balaban J connectivity index is 1.45. The summed E-state index contributed by atoms with van der Waals surface area (Å²) in [4.78, 5) is 29.8. The van der Waals surface area contributed by atoms with Gasteiger partial charge in [-0.3, -0.25) is 19.4 Å². The molecule has 0 radical (unpaired) electrons. The van der Waals surface area contributed by atoms with Crippen LogP contribution in [-0.4, -0.2) is 96.4 Å². The number of alkyl halides is 3. The molecule has 0 saturated carbocycles. The summed E-state index contributed by atoms with van der Waals surface area (Å²) in [6, 6.07) is 3.39. The van der Waals surface area contributed by atoms with Crippen LogP contribution in [0.25, 0.3) is 0 Å². The quantitative estimate of drug-likeness (QED) is 0.658. The van der Waals surface area contributed by atoms with Crippen LogP contribution in [0.15, 0.2) is 24.3 Å². The summed E-state index contributed by atoms with van der Waals surface area (Å²) in [6.45, 7) is 3.31. The van der Waals surface area contributed by atoms with Crippen LogP contribution in [0.2, 0.25) is 0 Å². The van der Waals surface area contributed by atoms with Crippen LogP contribution in [0.3, 0.4) is 0 Å². The third kappa shape index (κ3) is 5.69. The van der Waals surface area contributed by atoms with Crippen molar-refractivity contribution in [3.63, 3.8) is 0 Å². The van der Waals surface area contributed by atoms with Gasteiger partial charge in [0.25, 0.3) is 0 Å². The molecular weight excluding hydrogens is 456 g/mol. The van der Waals surface area contributed by atoms with Crippen LogP contribution in [0.5, 0.6) is 0 Å². The minimum Gasteiger partial charge on any atom is -0.379 e. The molecule has 3 unspecified atom stereocenters. The zero-order chi connectivity index (χ0) is 24.5. The molecule has 1 aromatic rings. The van der Waals surface area contributed by atoms with Gasteiger partial charge in [0.05, 0.1) is 25.8 Å². The number of carbonyl (C=O) groups is 2. The predicted octanol–water partition coefficient (Wildman–Crippen LogP) is 1.77. The van der Waals surface area contributed by atoms with E-state index in [9.17, 15) is 27.2 Å². The predicted molar refractivity (Wildman–Crippen MR) is 115 cm³/mol. The van der Waals surface area contributed by atoms with E-state index >= 15 is 0 Å². The number of benzene rings is 1. The standard InChI is InChI=1S/C23H30F4N4O3/c1-15-14-34-9-8-30(15)18-11-20(28-21(32)12-18)31-7-6-29(13-19(31)23(25,26)27)22(33)10-16-2-4-17(24)5-3-16/h2-5,15,18-20H,6-14H2,1H3,(H,28,32)/t15-,18?,19?,20?/m1/s1. The van der Waals surface area contributed by atoms with Gasteiger partial charge in [0, 0.05) is 44.7 Å². The Hall–Kier alpha value is -2.24. The van der Waals surface area contributed by atoms with Crippen LogP contribution in [0, 0.1) is 5.82 Å². The van der Waals surface area contributed by atoms with E-state index in [1.54, 1.807) is 0 Å². The molecule has 3 aliphatic heterocycles. The van der Waals surface area contributed by atoms with Crippen molar-refractivity contribution in [2.45, 2.75) is 56.7 Å². The Morgan fingerprint density at radius 2 is 1.88 bits per heavy atom. The minimum atomic E-state index is -4.57. The molecule has 3 aliphatic rings. The zero-order valence-electron chi connectivity index (χ0n) is 19.1. The molecule has 11 heteroatoms. The van der Waals surface area contributed by atoms with E-state index in [4.69, 9.17) is 4.74 Å². The van der Waals surface area contributed by atoms with Gasteiger partial charge in [-0.25, -0.2) is 4.39 Å². The van der Waals surface area contributed by atoms with Gasteiger partial charge in [0.2, 0.25) is 11.8 Å². The molecule has 0 aromatic heterocycles. The lowest BCUT2D eigenvalue weighted by molar-refractivity contribution is -0.208. The summed E-state index contributed by atoms with van der Waals surface area (Å²) in [5.41, 5.74) is 0.541. The lowest BCUT2D eigenvalue weighted by atomic mass is 9.96. The molecule has 1 aromatic carbocycles. The van der Waals surface area contributed by atoms with Crippen molar-refractivity contribution in [2.24, 2.45) is 0 Å². The van der Waals surface area contributed by atoms with Crippen molar-refractivity contribution in [2.75, 3.05) is 39.4 Å². The Bertz CT molecular complexity index is 882. The monoisotopic (exact) mass is 486 g/mol. The number of morpholine rings is 1. The van der Waals surface area contributed by atoms with E-state index in [1.165, 1.54) is 34.1 Å². The number of hydrogen-bond donors (Lipinski definition) is 1. The fraction of sp³-hybridized carbons (Fsp3) is 0.652. The molecule has 3 heterocycles. The number of hydrogen-bond acceptors (Lipinski definition) is 5. The highest BCUT2D eigenvalue weighted by Crippen LogP contribution is 2.32. The van der Waals surface area contributed by atoms with Crippen molar-refractivity contribution in [3.05, 3.63) is 35.6 Å². The van der Waals surface area contributed by atoms with Crippen LogP contribution >= 0.6 is 0 Å². The van der Waals surface area contributed by atoms with Gasteiger partial charge >= 0.3 is 6.18 Å². The maximum atomic E-state index is 14.1. The number of nitrogens with zero attached hydrogens (tertiary/aromatic N) is 3. The Morgan fingerprint density at radius 3 is 2.56 bits per heavy atom. The molecule has 188 valence electrons. The summed E-state index contributed by atoms with van der Waals surface area (Å²) in [5.74, 6) is -1.15. The lowest BCUT2D eigenvalue weighted by Gasteiger charge is -2.49. The normalized spacial score (nSPS) is 29.7. The van der Waals surface area contributed by atoms with Crippen molar-refractivity contribution in [1.29, 1.82) is 0 Å². The molecule has 2 amide bonds. The number of ether oxygens (including phenoxy) is 1. The molecule has 7 nitrogen and oxygen atoms in total. The van der Waals surface area contributed by atoms with E-state index in [0.29, 0.717) is 31.7 Å². The van der Waals surface area contributed by atoms with Gasteiger partial charge in [-0.15, -0.1) is 0 Å². The lowest BCUT2D eigenvalue weighted by Crippen LogP contribution is -2.68. The maximum absolute atomic E-state index is 14.1. The second kappa shape index (κ2) is 10.2. The van der Waals surface area contributed by atoms with Crippen molar-refractivity contribution in [1.82, 2.24) is 20.0 Å². The maximum Gasteiger partial charge on any atom is 0.405 e. The third-order valence-corrected chi connectivity index (χ3v) is 6.95. The first-order valence-corrected chi connectivity index (χ1v) is 11.6. The van der Waals surface area contributed by atoms with Gasteiger partial charge in [0.15, 0.2) is 0 Å². The van der Waals surface area contributed by atoms with E-state index < -0.39 is 36.7 Å². The number of rotatable bonds is 4. The molecular formula is C23H30F4N4O3. The summed E-state index contributed by atoms with van der Waals surface area (Å²) in [7, 11) is 0. The fourth-order valence-corrected chi connectivity index (χ4v) is 5.19. The van der Waals surface area contributed by atoms with Crippen molar-refractivity contribution in [3.8, 4) is 0 Å². The first-order chi connectivity index (χ1) is 16.1. The molecule has 4 rings (SSSR count). The number of piperidine rings is 1. The van der Waals surface area contributed by atoms with Gasteiger partial charge in [0.1, 0.15) is 11.9 Å². The molecule has 0 spiro atoms. The molecule has 1 N–H and O–H groups in total. The summed E-state index contributed by atoms with van der Waals surface area (Å²) in [5, 5.41) is 2.75. The molecule has 0 aliphatic carbocycles. The molecule has 4 atom stereocenters. The largest absolute Gasteiger partial charge is 0.405 e. The first-order valence-electron chi connectivity index (χ1n) is 11.6. The zero-order valence-corrected chi connectivity index (χ0v) is 19.1. The highest BCUT2D eigenvalue weighted by molar-refractivity contribution is 5.79. The molecule has 3 saturated heterocycles. The van der Waals surface area contributed by atoms with Crippen molar-refractivity contribution < 1.29 is 31.9 Å². The minimum absolute atomic E-state index is 0.00430. The molecule has 34 heavy (non-hydrogen) atoms.